The molecule has 3 heterocycles. The lowest BCUT2D eigenvalue weighted by Gasteiger charge is -2.14. The molecule has 6 heteroatoms. The molecule has 1 atom stereocenters. The van der Waals surface area contributed by atoms with Crippen molar-refractivity contribution in [3.8, 4) is 5.88 Å². The predicted octanol–water partition coefficient (Wildman–Crippen LogP) is 2.42. The van der Waals surface area contributed by atoms with Gasteiger partial charge in [0.25, 0.3) is 0 Å². The third kappa shape index (κ3) is 2.09. The number of methoxy groups -OCH3 is 1. The van der Waals surface area contributed by atoms with Crippen LogP contribution < -0.4 is 10.5 Å². The predicted molar refractivity (Wildman–Crippen MR) is 75.6 cm³/mol. The Labute approximate surface area is 116 Å². The van der Waals surface area contributed by atoms with E-state index in [1.807, 2.05) is 22.8 Å². The summed E-state index contributed by atoms with van der Waals surface area (Å²) >= 11 is 0. The highest BCUT2D eigenvalue weighted by molar-refractivity contribution is 5.75. The molecule has 104 valence electrons. The summed E-state index contributed by atoms with van der Waals surface area (Å²) in [5.41, 5.74) is 7.50. The number of ether oxygens (including phenoxy) is 1. The Morgan fingerprint density at radius 2 is 2.20 bits per heavy atom. The zero-order valence-corrected chi connectivity index (χ0v) is 11.4. The van der Waals surface area contributed by atoms with Gasteiger partial charge in [0, 0.05) is 18.5 Å². The Hall–Kier alpha value is -2.50. The van der Waals surface area contributed by atoms with E-state index in [-0.39, 0.29) is 6.04 Å². The number of imidazole rings is 1. The number of fused-ring (bicyclic) bond motifs is 1. The summed E-state index contributed by atoms with van der Waals surface area (Å²) in [7, 11) is 1.59. The van der Waals surface area contributed by atoms with Crippen LogP contribution in [0.25, 0.3) is 11.2 Å². The van der Waals surface area contributed by atoms with E-state index in [0.29, 0.717) is 11.8 Å². The minimum absolute atomic E-state index is 0.0887. The minimum Gasteiger partial charge on any atom is -0.481 e. The van der Waals surface area contributed by atoms with Gasteiger partial charge in [-0.2, -0.15) is 4.98 Å². The van der Waals surface area contributed by atoms with Gasteiger partial charge in [-0.15, -0.1) is 0 Å². The smallest absolute Gasteiger partial charge is 0.215 e. The molecular weight excluding hydrogens is 256 g/mol. The number of hydrogen-bond donors (Lipinski definition) is 1. The van der Waals surface area contributed by atoms with Crippen LogP contribution in [0.5, 0.6) is 5.88 Å². The second kappa shape index (κ2) is 4.88. The fourth-order valence-electron chi connectivity index (χ4n) is 2.33. The molecule has 0 aliphatic rings. The number of hydrogen-bond acceptors (Lipinski definition) is 5. The van der Waals surface area contributed by atoms with Crippen LogP contribution in [0.15, 0.2) is 34.9 Å². The fourth-order valence-corrected chi connectivity index (χ4v) is 2.33. The lowest BCUT2D eigenvalue weighted by Crippen LogP contribution is -2.11. The fraction of sp³-hybridized carbons (Fsp3) is 0.286. The van der Waals surface area contributed by atoms with E-state index in [9.17, 15) is 0 Å². The molecule has 0 spiro atoms. The SMILES string of the molecule is COc1ccc2nc(N)n(C(C)Cc3ccco3)c2n1. The third-order valence-electron chi connectivity index (χ3n) is 3.27. The Balaban J connectivity index is 2.02. The molecule has 0 fully saturated rings. The molecule has 3 rings (SSSR count). The third-order valence-corrected chi connectivity index (χ3v) is 3.27. The highest BCUT2D eigenvalue weighted by Crippen LogP contribution is 2.25. The quantitative estimate of drug-likeness (QED) is 0.789. The van der Waals surface area contributed by atoms with Crippen molar-refractivity contribution in [2.75, 3.05) is 12.8 Å². The summed E-state index contributed by atoms with van der Waals surface area (Å²) in [6.07, 6.45) is 2.39. The second-order valence-corrected chi connectivity index (χ2v) is 4.67. The van der Waals surface area contributed by atoms with Gasteiger partial charge in [-0.05, 0) is 25.1 Å². The molecule has 6 nitrogen and oxygen atoms in total. The Kier molecular flexibility index (Phi) is 3.06. The summed E-state index contributed by atoms with van der Waals surface area (Å²) in [5.74, 6) is 1.89. The van der Waals surface area contributed by atoms with Crippen LogP contribution in [0.3, 0.4) is 0 Å². The van der Waals surface area contributed by atoms with E-state index in [1.54, 1.807) is 19.4 Å². The minimum atomic E-state index is 0.0887. The molecule has 0 saturated heterocycles. The van der Waals surface area contributed by atoms with Crippen molar-refractivity contribution in [1.82, 2.24) is 14.5 Å². The van der Waals surface area contributed by atoms with Crippen molar-refractivity contribution < 1.29 is 9.15 Å². The normalized spacial score (nSPS) is 12.7. The first-order valence-electron chi connectivity index (χ1n) is 6.40. The second-order valence-electron chi connectivity index (χ2n) is 4.67. The van der Waals surface area contributed by atoms with Crippen LogP contribution in [-0.2, 0) is 6.42 Å². The van der Waals surface area contributed by atoms with E-state index >= 15 is 0 Å². The molecule has 1 unspecified atom stereocenters. The summed E-state index contributed by atoms with van der Waals surface area (Å²) in [4.78, 5) is 8.76. The number of furan rings is 1. The summed E-state index contributed by atoms with van der Waals surface area (Å²) in [6, 6.07) is 7.54. The van der Waals surface area contributed by atoms with Crippen molar-refractivity contribution in [2.45, 2.75) is 19.4 Å². The highest BCUT2D eigenvalue weighted by atomic mass is 16.5. The molecule has 0 bridgehead atoms. The lowest BCUT2D eigenvalue weighted by atomic mass is 10.2. The van der Waals surface area contributed by atoms with Gasteiger partial charge in [0.2, 0.25) is 11.8 Å². The first-order valence-corrected chi connectivity index (χ1v) is 6.40. The highest BCUT2D eigenvalue weighted by Gasteiger charge is 2.17. The molecule has 0 aliphatic carbocycles. The topological polar surface area (TPSA) is 79.1 Å². The number of nitrogens with two attached hydrogens (primary N) is 1. The van der Waals surface area contributed by atoms with Gasteiger partial charge in [-0.3, -0.25) is 4.57 Å². The van der Waals surface area contributed by atoms with Gasteiger partial charge in [0.1, 0.15) is 11.3 Å². The van der Waals surface area contributed by atoms with Crippen LogP contribution in [0.2, 0.25) is 0 Å². The number of nitrogen functional groups attached to an aromatic ring is 1. The summed E-state index contributed by atoms with van der Waals surface area (Å²) < 4.78 is 12.4. The summed E-state index contributed by atoms with van der Waals surface area (Å²) in [5, 5.41) is 0. The number of rotatable bonds is 4. The number of nitrogens with zero attached hydrogens (tertiary/aromatic N) is 3. The molecule has 0 amide bonds. The summed E-state index contributed by atoms with van der Waals surface area (Å²) in [6.45, 7) is 2.06. The van der Waals surface area contributed by atoms with Crippen molar-refractivity contribution >= 4 is 17.1 Å². The maximum atomic E-state index is 6.02. The molecule has 3 aromatic rings. The van der Waals surface area contributed by atoms with Crippen LogP contribution in [0.1, 0.15) is 18.7 Å². The zero-order valence-electron chi connectivity index (χ0n) is 11.4. The van der Waals surface area contributed by atoms with Crippen molar-refractivity contribution in [1.29, 1.82) is 0 Å². The monoisotopic (exact) mass is 272 g/mol. The van der Waals surface area contributed by atoms with Gasteiger partial charge in [0.15, 0.2) is 5.65 Å². The zero-order chi connectivity index (χ0) is 14.1. The van der Waals surface area contributed by atoms with Crippen LogP contribution >= 0.6 is 0 Å². The van der Waals surface area contributed by atoms with Crippen molar-refractivity contribution in [2.24, 2.45) is 0 Å². The molecule has 0 saturated carbocycles. The van der Waals surface area contributed by atoms with E-state index in [2.05, 4.69) is 16.9 Å². The van der Waals surface area contributed by atoms with E-state index < -0.39 is 0 Å². The van der Waals surface area contributed by atoms with Gasteiger partial charge in [0.05, 0.1) is 13.4 Å². The van der Waals surface area contributed by atoms with Crippen LogP contribution in [-0.4, -0.2) is 21.6 Å². The van der Waals surface area contributed by atoms with Gasteiger partial charge < -0.3 is 14.9 Å². The molecule has 0 aliphatic heterocycles. The largest absolute Gasteiger partial charge is 0.481 e. The number of anilines is 1. The van der Waals surface area contributed by atoms with Gasteiger partial charge in [-0.1, -0.05) is 0 Å². The molecule has 0 aromatic carbocycles. The molecule has 0 radical (unpaired) electrons. The van der Waals surface area contributed by atoms with E-state index in [1.165, 1.54) is 0 Å². The number of aromatic nitrogens is 3. The van der Waals surface area contributed by atoms with Crippen molar-refractivity contribution in [3.63, 3.8) is 0 Å². The Morgan fingerprint density at radius 3 is 2.90 bits per heavy atom. The van der Waals surface area contributed by atoms with Crippen LogP contribution in [0.4, 0.5) is 5.95 Å². The first kappa shape index (κ1) is 12.5. The molecular formula is C14H16N4O2. The molecule has 3 aromatic heterocycles. The Bertz CT molecular complexity index is 718. The molecule has 20 heavy (non-hydrogen) atoms. The van der Waals surface area contributed by atoms with Crippen molar-refractivity contribution in [3.05, 3.63) is 36.3 Å². The average Bonchev–Trinajstić information content (AvgIpc) is 3.04. The van der Waals surface area contributed by atoms with Gasteiger partial charge in [-0.25, -0.2) is 4.98 Å². The standard InChI is InChI=1S/C14H16N4O2/c1-9(8-10-4-3-7-20-10)18-13-11(16-14(18)15)5-6-12(17-13)19-2/h3-7,9H,8H2,1-2H3,(H2,15,16). The molecule has 2 N–H and O–H groups in total. The maximum absolute atomic E-state index is 6.02. The maximum Gasteiger partial charge on any atom is 0.215 e. The number of pyridine rings is 1. The average molecular weight is 272 g/mol. The van der Waals surface area contributed by atoms with Gasteiger partial charge >= 0.3 is 0 Å². The first-order chi connectivity index (χ1) is 9.69. The van der Waals surface area contributed by atoms with Crippen LogP contribution in [0, 0.1) is 0 Å². The lowest BCUT2D eigenvalue weighted by molar-refractivity contribution is 0.398. The van der Waals surface area contributed by atoms with E-state index in [0.717, 1.165) is 23.3 Å². The van der Waals surface area contributed by atoms with E-state index in [4.69, 9.17) is 14.9 Å². The Morgan fingerprint density at radius 1 is 1.35 bits per heavy atom.